The Morgan fingerprint density at radius 1 is 0.389 bits per heavy atom. The van der Waals surface area contributed by atoms with Gasteiger partial charge in [0.1, 0.15) is 22.5 Å². The van der Waals surface area contributed by atoms with Crippen molar-refractivity contribution in [3.05, 3.63) is 175 Å². The molecular weight excluding hydrogens is 657 g/mol. The monoisotopic (exact) mass is 688 g/mol. The number of fused-ring (bicyclic) bond motifs is 12. The van der Waals surface area contributed by atoms with Gasteiger partial charge in [-0.25, -0.2) is 0 Å². The molecule has 0 amide bonds. The molecule has 2 nitrogen and oxygen atoms in total. The number of aryl methyl sites for hydroxylation is 1. The fourth-order valence-electron chi connectivity index (χ4n) is 9.34. The lowest BCUT2D eigenvalue weighted by Crippen LogP contribution is -1.91. The molecule has 0 saturated carbocycles. The molecule has 11 aromatic rings. The highest BCUT2D eigenvalue weighted by molar-refractivity contribution is 6.25. The van der Waals surface area contributed by atoms with Gasteiger partial charge >= 0.3 is 0 Å². The van der Waals surface area contributed by atoms with E-state index in [-0.39, 0.29) is 0 Å². The molecule has 1 aliphatic carbocycles. The van der Waals surface area contributed by atoms with E-state index in [0.717, 1.165) is 51.9 Å². The van der Waals surface area contributed by atoms with Gasteiger partial charge in [-0.05, 0) is 132 Å². The Hall–Kier alpha value is -6.90. The summed E-state index contributed by atoms with van der Waals surface area (Å²) in [6, 6.07) is 57.5. The molecule has 9 aromatic carbocycles. The molecular formula is C52H32O2. The molecule has 54 heavy (non-hydrogen) atoms. The zero-order chi connectivity index (χ0) is 35.3. The lowest BCUT2D eigenvalue weighted by atomic mass is 9.84. The number of rotatable bonds is 3. The molecule has 0 N–H and O–H groups in total. The first-order valence-corrected chi connectivity index (χ1v) is 18.8. The highest BCUT2D eigenvalue weighted by Gasteiger charge is 2.21. The molecule has 2 aromatic heterocycles. The van der Waals surface area contributed by atoms with Gasteiger partial charge in [0.2, 0.25) is 0 Å². The van der Waals surface area contributed by atoms with Crippen molar-refractivity contribution in [1.29, 1.82) is 0 Å². The summed E-state index contributed by atoms with van der Waals surface area (Å²) < 4.78 is 12.8. The van der Waals surface area contributed by atoms with Crippen LogP contribution >= 0.6 is 0 Å². The van der Waals surface area contributed by atoms with Crippen LogP contribution in [0.4, 0.5) is 0 Å². The second kappa shape index (κ2) is 11.3. The van der Waals surface area contributed by atoms with E-state index < -0.39 is 0 Å². The zero-order valence-corrected chi connectivity index (χ0v) is 29.4. The Kier molecular flexibility index (Phi) is 6.20. The van der Waals surface area contributed by atoms with Crippen molar-refractivity contribution in [3.8, 4) is 33.4 Å². The molecule has 1 aliphatic rings. The van der Waals surface area contributed by atoms with Crippen molar-refractivity contribution in [2.75, 3.05) is 0 Å². The third-order valence-corrected chi connectivity index (χ3v) is 11.7. The number of furan rings is 2. The Morgan fingerprint density at radius 3 is 1.74 bits per heavy atom. The van der Waals surface area contributed by atoms with Crippen LogP contribution in [0.5, 0.6) is 0 Å². The molecule has 0 aliphatic heterocycles. The van der Waals surface area contributed by atoms with Gasteiger partial charge < -0.3 is 8.83 Å². The van der Waals surface area contributed by atoms with E-state index >= 15 is 0 Å². The predicted octanol–water partition coefficient (Wildman–Crippen LogP) is 14.9. The minimum Gasteiger partial charge on any atom is -0.456 e. The van der Waals surface area contributed by atoms with Gasteiger partial charge in [-0.1, -0.05) is 127 Å². The standard InChI is InChI=1S/C52H32O2/c1-2-12-35-32(10-1)11-9-18-36(35)50-39-15-5-3-13-37(39)49(38-14-4-6-16-40(38)50)33-22-20-31(21-23-33)34-24-25-44-48(30-34)54-47-29-27-41-42(52(44)47)26-28-46-51(41)43-17-7-8-19-45(43)53-46/h1-6,8-16,18-30H,7,17H2. The zero-order valence-electron chi connectivity index (χ0n) is 29.4. The fraction of sp³-hybridized carbons (Fsp3) is 0.0385. The summed E-state index contributed by atoms with van der Waals surface area (Å²) >= 11 is 0. The summed E-state index contributed by atoms with van der Waals surface area (Å²) in [5, 5.41) is 13.5. The van der Waals surface area contributed by atoms with Crippen LogP contribution in [0.15, 0.2) is 173 Å². The van der Waals surface area contributed by atoms with Crippen molar-refractivity contribution in [1.82, 2.24) is 0 Å². The first-order valence-electron chi connectivity index (χ1n) is 18.8. The Morgan fingerprint density at radius 2 is 0.981 bits per heavy atom. The summed E-state index contributed by atoms with van der Waals surface area (Å²) in [4.78, 5) is 0. The van der Waals surface area contributed by atoms with Gasteiger partial charge in [0.15, 0.2) is 0 Å². The maximum atomic E-state index is 6.56. The van der Waals surface area contributed by atoms with Gasteiger partial charge in [0.25, 0.3) is 0 Å². The van der Waals surface area contributed by atoms with E-state index in [1.165, 1.54) is 81.7 Å². The van der Waals surface area contributed by atoms with E-state index in [1.807, 2.05) is 0 Å². The Bertz CT molecular complexity index is 3310. The van der Waals surface area contributed by atoms with Crippen LogP contribution in [0.3, 0.4) is 0 Å². The molecule has 2 heterocycles. The first-order chi connectivity index (χ1) is 26.8. The van der Waals surface area contributed by atoms with E-state index in [0.29, 0.717) is 0 Å². The van der Waals surface area contributed by atoms with Crippen molar-refractivity contribution in [2.45, 2.75) is 12.8 Å². The van der Waals surface area contributed by atoms with Crippen molar-refractivity contribution >= 4 is 82.1 Å². The Labute approximate surface area is 311 Å². The van der Waals surface area contributed by atoms with Crippen LogP contribution in [-0.2, 0) is 6.42 Å². The Balaban J connectivity index is 0.988. The number of benzene rings is 9. The fourth-order valence-corrected chi connectivity index (χ4v) is 9.34. The molecule has 0 fully saturated rings. The van der Waals surface area contributed by atoms with E-state index in [1.54, 1.807) is 0 Å². The average Bonchev–Trinajstić information content (AvgIpc) is 3.81. The van der Waals surface area contributed by atoms with Crippen LogP contribution in [0.25, 0.3) is 115 Å². The topological polar surface area (TPSA) is 26.3 Å². The summed E-state index contributed by atoms with van der Waals surface area (Å²) in [5.74, 6) is 0.996. The predicted molar refractivity (Wildman–Crippen MR) is 227 cm³/mol. The first kappa shape index (κ1) is 29.7. The minimum atomic E-state index is 0.900. The van der Waals surface area contributed by atoms with Gasteiger partial charge in [-0.15, -0.1) is 0 Å². The SMILES string of the molecule is C1=Cc2oc3ccc4c(ccc5oc6cc(-c7ccc(-c8c9ccccc9c(-c9cccc%10ccccc9%10)c9ccccc89)cc7)ccc6c54)c3c2CC1. The number of hydrogen-bond donors (Lipinski definition) is 0. The number of allylic oxidation sites excluding steroid dienone is 1. The van der Waals surface area contributed by atoms with E-state index in [9.17, 15) is 0 Å². The van der Waals surface area contributed by atoms with Crippen molar-refractivity contribution < 1.29 is 8.83 Å². The summed E-state index contributed by atoms with van der Waals surface area (Å²) in [5.41, 5.74) is 11.4. The van der Waals surface area contributed by atoms with Crippen LogP contribution in [0, 0.1) is 0 Å². The molecule has 0 radical (unpaired) electrons. The van der Waals surface area contributed by atoms with Gasteiger partial charge in [-0.2, -0.15) is 0 Å². The summed E-state index contributed by atoms with van der Waals surface area (Å²) in [6.45, 7) is 0. The quantitative estimate of drug-likeness (QED) is 0.173. The molecule has 252 valence electrons. The average molecular weight is 689 g/mol. The van der Waals surface area contributed by atoms with Crippen molar-refractivity contribution in [2.24, 2.45) is 0 Å². The largest absolute Gasteiger partial charge is 0.456 e. The molecule has 0 saturated heterocycles. The smallest absolute Gasteiger partial charge is 0.136 e. The van der Waals surface area contributed by atoms with Gasteiger partial charge in [0, 0.05) is 21.7 Å². The van der Waals surface area contributed by atoms with Crippen molar-refractivity contribution in [3.63, 3.8) is 0 Å². The molecule has 0 bridgehead atoms. The lowest BCUT2D eigenvalue weighted by Gasteiger charge is -2.19. The third kappa shape index (κ3) is 4.22. The molecule has 12 rings (SSSR count). The number of hydrogen-bond acceptors (Lipinski definition) is 2. The highest BCUT2D eigenvalue weighted by atomic mass is 16.3. The van der Waals surface area contributed by atoms with Crippen LogP contribution in [-0.4, -0.2) is 0 Å². The summed E-state index contributed by atoms with van der Waals surface area (Å²) in [6.07, 6.45) is 6.38. The second-order valence-electron chi connectivity index (χ2n) is 14.6. The molecule has 0 spiro atoms. The van der Waals surface area contributed by atoms with E-state index in [2.05, 4.69) is 170 Å². The highest BCUT2D eigenvalue weighted by Crippen LogP contribution is 2.46. The second-order valence-corrected chi connectivity index (χ2v) is 14.6. The molecule has 2 heteroatoms. The normalized spacial score (nSPS) is 13.0. The molecule has 0 atom stereocenters. The minimum absolute atomic E-state index is 0.900. The van der Waals surface area contributed by atoms with Gasteiger partial charge in [0.05, 0.1) is 0 Å². The van der Waals surface area contributed by atoms with Crippen LogP contribution in [0.2, 0.25) is 0 Å². The molecule has 0 unspecified atom stereocenters. The maximum Gasteiger partial charge on any atom is 0.136 e. The third-order valence-electron chi connectivity index (χ3n) is 11.7. The summed E-state index contributed by atoms with van der Waals surface area (Å²) in [7, 11) is 0. The van der Waals surface area contributed by atoms with Crippen LogP contribution < -0.4 is 0 Å². The van der Waals surface area contributed by atoms with E-state index in [4.69, 9.17) is 8.83 Å². The lowest BCUT2D eigenvalue weighted by molar-refractivity contribution is 0.595. The maximum absolute atomic E-state index is 6.56. The van der Waals surface area contributed by atoms with Gasteiger partial charge in [-0.3, -0.25) is 0 Å². The van der Waals surface area contributed by atoms with Crippen LogP contribution in [0.1, 0.15) is 17.7 Å².